The molecule has 0 bridgehead atoms. The molecule has 0 saturated carbocycles. The molecule has 4 nitrogen and oxygen atoms in total. The van der Waals surface area contributed by atoms with Gasteiger partial charge in [-0.05, 0) is 31.0 Å². The van der Waals surface area contributed by atoms with Gasteiger partial charge in [0.25, 0.3) is 10.0 Å². The molecule has 1 aliphatic rings. The lowest BCUT2D eigenvalue weighted by Crippen LogP contribution is -2.29. The molecule has 23 heavy (non-hydrogen) atoms. The summed E-state index contributed by atoms with van der Waals surface area (Å²) in [6, 6.07) is 10.2. The molecule has 0 aliphatic carbocycles. The van der Waals surface area contributed by atoms with Crippen molar-refractivity contribution < 1.29 is 13.2 Å². The highest BCUT2D eigenvalue weighted by Gasteiger charge is 2.32. The van der Waals surface area contributed by atoms with E-state index in [1.807, 2.05) is 25.1 Å². The minimum Gasteiger partial charge on any atom is -0.492 e. The van der Waals surface area contributed by atoms with Crippen LogP contribution in [0.25, 0.3) is 0 Å². The highest BCUT2D eigenvalue weighted by molar-refractivity contribution is 7.93. The van der Waals surface area contributed by atoms with Crippen LogP contribution in [0.1, 0.15) is 12.5 Å². The topological polar surface area (TPSA) is 46.6 Å². The summed E-state index contributed by atoms with van der Waals surface area (Å²) in [4.78, 5) is -0.00989. The lowest BCUT2D eigenvalue weighted by molar-refractivity contribution is 0.340. The van der Waals surface area contributed by atoms with Crippen LogP contribution in [0.4, 0.5) is 5.69 Å². The Morgan fingerprint density at radius 3 is 2.65 bits per heavy atom. The Bertz CT molecular complexity index is 852. The molecule has 2 aromatic carbocycles. The summed E-state index contributed by atoms with van der Waals surface area (Å²) in [6.07, 6.45) is 0.678. The zero-order valence-corrected chi connectivity index (χ0v) is 14.7. The van der Waals surface area contributed by atoms with Crippen molar-refractivity contribution >= 4 is 38.9 Å². The molecule has 3 rings (SSSR count). The molecule has 0 atom stereocenters. The number of benzene rings is 2. The second-order valence-electron chi connectivity index (χ2n) is 5.10. The fourth-order valence-corrected chi connectivity index (χ4v) is 4.96. The van der Waals surface area contributed by atoms with E-state index in [0.717, 1.165) is 5.56 Å². The molecule has 0 saturated heterocycles. The van der Waals surface area contributed by atoms with Crippen LogP contribution >= 0.6 is 23.2 Å². The van der Waals surface area contributed by atoms with Gasteiger partial charge in [-0.3, -0.25) is 4.31 Å². The minimum atomic E-state index is -3.78. The average molecular weight is 372 g/mol. The molecule has 0 amide bonds. The molecule has 122 valence electrons. The summed E-state index contributed by atoms with van der Waals surface area (Å²) in [5.74, 6) is 0.375. The van der Waals surface area contributed by atoms with E-state index in [-0.39, 0.29) is 14.9 Å². The van der Waals surface area contributed by atoms with Crippen molar-refractivity contribution in [2.24, 2.45) is 0 Å². The Morgan fingerprint density at radius 2 is 1.91 bits per heavy atom. The van der Waals surface area contributed by atoms with Gasteiger partial charge in [-0.1, -0.05) is 41.4 Å². The van der Waals surface area contributed by atoms with Gasteiger partial charge in [0.2, 0.25) is 0 Å². The SMILES string of the molecule is CCOc1cc(Cl)c(S(=O)(=O)N2CCc3ccccc32)cc1Cl. The summed E-state index contributed by atoms with van der Waals surface area (Å²) in [5, 5.41) is 0.324. The van der Waals surface area contributed by atoms with E-state index in [1.165, 1.54) is 16.4 Å². The largest absolute Gasteiger partial charge is 0.492 e. The highest BCUT2D eigenvalue weighted by Crippen LogP contribution is 2.38. The van der Waals surface area contributed by atoms with Gasteiger partial charge < -0.3 is 4.74 Å². The number of fused-ring (bicyclic) bond motifs is 1. The molecule has 7 heteroatoms. The first-order chi connectivity index (χ1) is 10.9. The van der Waals surface area contributed by atoms with Crippen LogP contribution in [0.5, 0.6) is 5.75 Å². The second-order valence-corrected chi connectivity index (χ2v) is 7.75. The number of sulfonamides is 1. The van der Waals surface area contributed by atoms with Gasteiger partial charge >= 0.3 is 0 Å². The van der Waals surface area contributed by atoms with Crippen molar-refractivity contribution in [2.45, 2.75) is 18.2 Å². The monoisotopic (exact) mass is 371 g/mol. The van der Waals surface area contributed by atoms with E-state index in [4.69, 9.17) is 27.9 Å². The van der Waals surface area contributed by atoms with E-state index in [9.17, 15) is 8.42 Å². The normalized spacial score (nSPS) is 14.0. The van der Waals surface area contributed by atoms with Gasteiger partial charge in [-0.15, -0.1) is 0 Å². The maximum atomic E-state index is 13.0. The fraction of sp³-hybridized carbons (Fsp3) is 0.250. The molecule has 0 aromatic heterocycles. The molecule has 0 fully saturated rings. The van der Waals surface area contributed by atoms with Crippen molar-refractivity contribution in [3.63, 3.8) is 0 Å². The van der Waals surface area contributed by atoms with Crippen LogP contribution in [-0.2, 0) is 16.4 Å². The van der Waals surface area contributed by atoms with Crippen molar-refractivity contribution in [1.29, 1.82) is 0 Å². The number of nitrogens with zero attached hydrogens (tertiary/aromatic N) is 1. The van der Waals surface area contributed by atoms with E-state index in [1.54, 1.807) is 6.07 Å². The van der Waals surface area contributed by atoms with E-state index >= 15 is 0 Å². The fourth-order valence-electron chi connectivity index (χ4n) is 2.65. The van der Waals surface area contributed by atoms with E-state index < -0.39 is 10.0 Å². The molecule has 0 spiro atoms. The summed E-state index contributed by atoms with van der Waals surface area (Å²) < 4.78 is 32.7. The van der Waals surface area contributed by atoms with Crippen LogP contribution < -0.4 is 9.04 Å². The van der Waals surface area contributed by atoms with Crippen molar-refractivity contribution in [1.82, 2.24) is 0 Å². The number of para-hydroxylation sites is 1. The number of rotatable bonds is 4. The molecule has 0 unspecified atom stereocenters. The lowest BCUT2D eigenvalue weighted by atomic mass is 10.2. The predicted molar refractivity (Wildman–Crippen MR) is 92.3 cm³/mol. The van der Waals surface area contributed by atoms with Crippen LogP contribution in [-0.4, -0.2) is 21.6 Å². The maximum absolute atomic E-state index is 13.0. The zero-order valence-electron chi connectivity index (χ0n) is 12.4. The van der Waals surface area contributed by atoms with Gasteiger partial charge in [0.1, 0.15) is 10.6 Å². The van der Waals surface area contributed by atoms with Crippen molar-refractivity contribution in [2.75, 3.05) is 17.5 Å². The van der Waals surface area contributed by atoms with Crippen LogP contribution in [0.3, 0.4) is 0 Å². The highest BCUT2D eigenvalue weighted by atomic mass is 35.5. The Balaban J connectivity index is 2.06. The summed E-state index contributed by atoms with van der Waals surface area (Å²) in [6.45, 7) is 2.63. The molecule has 0 N–H and O–H groups in total. The predicted octanol–water partition coefficient (Wildman–Crippen LogP) is 4.14. The maximum Gasteiger partial charge on any atom is 0.265 e. The van der Waals surface area contributed by atoms with E-state index in [0.29, 0.717) is 31.0 Å². The third kappa shape index (κ3) is 2.89. The van der Waals surface area contributed by atoms with Gasteiger partial charge in [0.15, 0.2) is 0 Å². The summed E-state index contributed by atoms with van der Waals surface area (Å²) in [5.41, 5.74) is 1.69. The van der Waals surface area contributed by atoms with Crippen LogP contribution in [0, 0.1) is 0 Å². The number of anilines is 1. The van der Waals surface area contributed by atoms with Crippen molar-refractivity contribution in [3.05, 3.63) is 52.0 Å². The lowest BCUT2D eigenvalue weighted by Gasteiger charge is -2.21. The van der Waals surface area contributed by atoms with Gasteiger partial charge in [-0.25, -0.2) is 8.42 Å². The first-order valence-electron chi connectivity index (χ1n) is 7.17. The van der Waals surface area contributed by atoms with Crippen LogP contribution in [0.15, 0.2) is 41.3 Å². The Hall–Kier alpha value is -1.43. The standard InChI is InChI=1S/C16H15Cl2NO3S/c1-2-22-15-9-13(18)16(10-12(15)17)23(20,21)19-8-7-11-5-3-4-6-14(11)19/h3-6,9-10H,2,7-8H2,1H3. The second kappa shape index (κ2) is 6.23. The number of halogens is 2. The summed E-state index contributed by atoms with van der Waals surface area (Å²) in [7, 11) is -3.78. The Kier molecular flexibility index (Phi) is 4.45. The minimum absolute atomic E-state index is 0.00989. The molecular formula is C16H15Cl2NO3S. The third-order valence-electron chi connectivity index (χ3n) is 3.70. The zero-order chi connectivity index (χ0) is 16.6. The average Bonchev–Trinajstić information content (AvgIpc) is 2.95. The molecular weight excluding hydrogens is 357 g/mol. The molecule has 1 heterocycles. The summed E-state index contributed by atoms with van der Waals surface area (Å²) >= 11 is 12.3. The van der Waals surface area contributed by atoms with Gasteiger partial charge in [-0.2, -0.15) is 0 Å². The number of hydrogen-bond donors (Lipinski definition) is 0. The Labute approximate surface area is 145 Å². The smallest absolute Gasteiger partial charge is 0.265 e. The molecule has 2 aromatic rings. The molecule has 1 aliphatic heterocycles. The third-order valence-corrected chi connectivity index (χ3v) is 6.27. The van der Waals surface area contributed by atoms with Gasteiger partial charge in [0.05, 0.1) is 22.3 Å². The first-order valence-corrected chi connectivity index (χ1v) is 9.37. The molecule has 0 radical (unpaired) electrons. The Morgan fingerprint density at radius 1 is 1.17 bits per heavy atom. The number of hydrogen-bond acceptors (Lipinski definition) is 3. The van der Waals surface area contributed by atoms with Crippen LogP contribution in [0.2, 0.25) is 10.0 Å². The first kappa shape index (κ1) is 16.4. The quantitative estimate of drug-likeness (QED) is 0.810. The van der Waals surface area contributed by atoms with E-state index in [2.05, 4.69) is 0 Å². The number of ether oxygens (including phenoxy) is 1. The van der Waals surface area contributed by atoms with Gasteiger partial charge in [0, 0.05) is 12.6 Å². The van der Waals surface area contributed by atoms with Crippen molar-refractivity contribution in [3.8, 4) is 5.75 Å².